The standard InChI is InChI=1S/C10H7NO8S2.Na/c12-10-7-2-1-6(20(14,15)16)3-5(7)4-8(9(10)11-13)21(17,18)19;/h1-4,12H,(H,14,15,16)(H,17,18,19);/q;+1. The fourth-order valence-corrected chi connectivity index (χ4v) is 2.95. The molecular weight excluding hydrogens is 349 g/mol. The van der Waals surface area contributed by atoms with Gasteiger partial charge >= 0.3 is 29.6 Å². The number of hydrogen-bond acceptors (Lipinski definition) is 7. The summed E-state index contributed by atoms with van der Waals surface area (Å²) in [5, 5.41) is 11.9. The molecule has 22 heavy (non-hydrogen) atoms. The quantitative estimate of drug-likeness (QED) is 0.338. The summed E-state index contributed by atoms with van der Waals surface area (Å²) in [5.41, 5.74) is -0.899. The second kappa shape index (κ2) is 6.20. The molecule has 0 heterocycles. The SMILES string of the molecule is O=Nc1c(S(=O)(=O)O)cc2cc(S(=O)(=O)O)ccc2c1O.[Na+]. The monoisotopic (exact) mass is 356 g/mol. The number of nitroso groups, excluding NO2 is 1. The van der Waals surface area contributed by atoms with E-state index in [1.54, 1.807) is 0 Å². The first-order valence-electron chi connectivity index (χ1n) is 5.14. The summed E-state index contributed by atoms with van der Waals surface area (Å²) in [6, 6.07) is 3.62. The Morgan fingerprint density at radius 2 is 1.55 bits per heavy atom. The summed E-state index contributed by atoms with van der Waals surface area (Å²) in [6.45, 7) is 0. The van der Waals surface area contributed by atoms with Crippen LogP contribution in [0.4, 0.5) is 5.69 Å². The molecule has 0 radical (unpaired) electrons. The van der Waals surface area contributed by atoms with E-state index in [2.05, 4.69) is 5.18 Å². The summed E-state index contributed by atoms with van der Waals surface area (Å²) in [7, 11) is -9.42. The minimum atomic E-state index is -4.87. The third kappa shape index (κ3) is 3.46. The van der Waals surface area contributed by atoms with Crippen LogP contribution in [0.3, 0.4) is 0 Å². The average Bonchev–Trinajstić information content (AvgIpc) is 2.35. The Morgan fingerprint density at radius 1 is 0.955 bits per heavy atom. The van der Waals surface area contributed by atoms with Crippen LogP contribution in [0.25, 0.3) is 10.8 Å². The van der Waals surface area contributed by atoms with Gasteiger partial charge in [0.1, 0.15) is 4.90 Å². The summed E-state index contributed by atoms with van der Waals surface area (Å²) in [5.74, 6) is -0.836. The second-order valence-corrected chi connectivity index (χ2v) is 6.81. The molecule has 0 atom stereocenters. The van der Waals surface area contributed by atoms with Gasteiger partial charge < -0.3 is 5.11 Å². The van der Waals surface area contributed by atoms with Crippen LogP contribution in [-0.4, -0.2) is 31.0 Å². The molecule has 0 unspecified atom stereocenters. The third-order valence-electron chi connectivity index (χ3n) is 2.69. The minimum absolute atomic E-state index is 0. The Hall–Kier alpha value is -1.08. The zero-order chi connectivity index (χ0) is 16.0. The van der Waals surface area contributed by atoms with Gasteiger partial charge in [0.05, 0.1) is 4.90 Å². The van der Waals surface area contributed by atoms with Crippen LogP contribution in [0.2, 0.25) is 0 Å². The molecule has 0 bridgehead atoms. The minimum Gasteiger partial charge on any atom is -0.505 e. The zero-order valence-electron chi connectivity index (χ0n) is 11.0. The number of hydrogen-bond donors (Lipinski definition) is 3. The molecule has 0 aliphatic rings. The number of rotatable bonds is 3. The Morgan fingerprint density at radius 3 is 2.00 bits per heavy atom. The normalized spacial score (nSPS) is 11.9. The van der Waals surface area contributed by atoms with Crippen molar-refractivity contribution in [1.82, 2.24) is 0 Å². The third-order valence-corrected chi connectivity index (χ3v) is 4.41. The van der Waals surface area contributed by atoms with Crippen LogP contribution in [0.5, 0.6) is 5.75 Å². The van der Waals surface area contributed by atoms with E-state index in [9.17, 15) is 26.8 Å². The molecule has 12 heteroatoms. The van der Waals surface area contributed by atoms with E-state index in [0.29, 0.717) is 0 Å². The van der Waals surface area contributed by atoms with Gasteiger partial charge in [-0.05, 0) is 34.8 Å². The average molecular weight is 356 g/mol. The molecule has 2 aromatic rings. The summed E-state index contributed by atoms with van der Waals surface area (Å²) < 4.78 is 62.3. The van der Waals surface area contributed by atoms with Crippen molar-refractivity contribution in [3.05, 3.63) is 29.2 Å². The van der Waals surface area contributed by atoms with Crippen molar-refractivity contribution in [2.24, 2.45) is 5.18 Å². The van der Waals surface area contributed by atoms with E-state index in [4.69, 9.17) is 9.11 Å². The molecule has 2 rings (SSSR count). The van der Waals surface area contributed by atoms with Gasteiger partial charge in [0.25, 0.3) is 20.2 Å². The molecule has 0 aliphatic heterocycles. The van der Waals surface area contributed by atoms with Gasteiger partial charge in [-0.3, -0.25) is 9.11 Å². The summed E-state index contributed by atoms with van der Waals surface area (Å²) in [6.07, 6.45) is 0. The summed E-state index contributed by atoms with van der Waals surface area (Å²) >= 11 is 0. The van der Waals surface area contributed by atoms with Crippen LogP contribution in [0.1, 0.15) is 0 Å². The maximum absolute atomic E-state index is 11.2. The fourth-order valence-electron chi connectivity index (χ4n) is 1.78. The van der Waals surface area contributed by atoms with Crippen molar-refractivity contribution in [2.75, 3.05) is 0 Å². The molecule has 0 aliphatic carbocycles. The number of nitrogens with zero attached hydrogens (tertiary/aromatic N) is 1. The maximum Gasteiger partial charge on any atom is 1.00 e. The smallest absolute Gasteiger partial charge is 0.505 e. The Balaban J connectivity index is 0.00000242. The Labute approximate surface area is 146 Å². The number of phenols is 1. The molecule has 0 fully saturated rings. The first-order chi connectivity index (χ1) is 9.55. The van der Waals surface area contributed by atoms with E-state index in [0.717, 1.165) is 24.3 Å². The molecule has 0 saturated carbocycles. The van der Waals surface area contributed by atoms with Gasteiger partial charge in [-0.2, -0.15) is 16.8 Å². The molecule has 9 nitrogen and oxygen atoms in total. The molecule has 3 N–H and O–H groups in total. The van der Waals surface area contributed by atoms with E-state index in [1.807, 2.05) is 0 Å². The van der Waals surface area contributed by atoms with Crippen molar-refractivity contribution in [3.8, 4) is 5.75 Å². The van der Waals surface area contributed by atoms with E-state index in [-0.39, 0.29) is 40.3 Å². The van der Waals surface area contributed by atoms with Gasteiger partial charge in [-0.15, -0.1) is 4.91 Å². The van der Waals surface area contributed by atoms with Gasteiger partial charge in [0.15, 0.2) is 11.4 Å². The fraction of sp³-hybridized carbons (Fsp3) is 0. The van der Waals surface area contributed by atoms with Crippen molar-refractivity contribution >= 4 is 36.7 Å². The van der Waals surface area contributed by atoms with Gasteiger partial charge in [-0.25, -0.2) is 0 Å². The van der Waals surface area contributed by atoms with Crippen molar-refractivity contribution < 1.29 is 60.6 Å². The molecule has 0 aromatic heterocycles. The first kappa shape index (κ1) is 19.0. The van der Waals surface area contributed by atoms with E-state index >= 15 is 0 Å². The molecule has 2 aromatic carbocycles. The maximum atomic E-state index is 11.2. The molecular formula is C10H7NNaO8S2+. The van der Waals surface area contributed by atoms with E-state index in [1.165, 1.54) is 0 Å². The Bertz CT molecular complexity index is 968. The van der Waals surface area contributed by atoms with Crippen molar-refractivity contribution in [1.29, 1.82) is 0 Å². The van der Waals surface area contributed by atoms with Gasteiger partial charge in [-0.1, -0.05) is 0 Å². The predicted molar refractivity (Wildman–Crippen MR) is 70.7 cm³/mol. The predicted octanol–water partition coefficient (Wildman–Crippen LogP) is -1.56. The molecule has 112 valence electrons. The molecule has 0 saturated heterocycles. The van der Waals surface area contributed by atoms with Crippen LogP contribution < -0.4 is 29.6 Å². The first-order valence-corrected chi connectivity index (χ1v) is 8.02. The number of fused-ring (bicyclic) bond motifs is 1. The second-order valence-electron chi connectivity index (χ2n) is 4.00. The zero-order valence-corrected chi connectivity index (χ0v) is 14.6. The van der Waals surface area contributed by atoms with Gasteiger partial charge in [0, 0.05) is 5.39 Å². The van der Waals surface area contributed by atoms with Crippen LogP contribution in [0, 0.1) is 4.91 Å². The Kier molecular flexibility index (Phi) is 5.34. The number of aromatic hydroxyl groups is 1. The molecule has 0 amide bonds. The molecule has 0 spiro atoms. The van der Waals surface area contributed by atoms with Crippen LogP contribution >= 0.6 is 0 Å². The van der Waals surface area contributed by atoms with Crippen molar-refractivity contribution in [3.63, 3.8) is 0 Å². The topological polar surface area (TPSA) is 158 Å². The van der Waals surface area contributed by atoms with Crippen LogP contribution in [-0.2, 0) is 20.2 Å². The van der Waals surface area contributed by atoms with E-state index < -0.39 is 41.5 Å². The van der Waals surface area contributed by atoms with Crippen molar-refractivity contribution in [2.45, 2.75) is 9.79 Å². The number of benzene rings is 2. The largest absolute Gasteiger partial charge is 1.00 e. The van der Waals surface area contributed by atoms with Gasteiger partial charge in [0.2, 0.25) is 0 Å². The summed E-state index contributed by atoms with van der Waals surface area (Å²) in [4.78, 5) is 9.11. The number of phenolic OH excluding ortho intramolecular Hbond substituents is 1. The van der Waals surface area contributed by atoms with Crippen LogP contribution in [0.15, 0.2) is 39.2 Å².